The first-order chi connectivity index (χ1) is 11.0. The Balaban J connectivity index is 2.00. The van der Waals surface area contributed by atoms with Gasteiger partial charge in [-0.2, -0.15) is 0 Å². The molecule has 23 heavy (non-hydrogen) atoms. The smallest absolute Gasteiger partial charge is 0.229 e. The first-order valence-corrected chi connectivity index (χ1v) is 8.53. The number of nitrogens with zero attached hydrogens (tertiary/aromatic N) is 1. The summed E-state index contributed by atoms with van der Waals surface area (Å²) in [6.45, 7) is 7.60. The molecule has 122 valence electrons. The van der Waals surface area contributed by atoms with Gasteiger partial charge in [-0.1, -0.05) is 49.4 Å². The molecule has 1 atom stereocenters. The molecule has 0 aliphatic rings. The summed E-state index contributed by atoms with van der Waals surface area (Å²) < 4.78 is 0. The van der Waals surface area contributed by atoms with Crippen LogP contribution in [-0.4, -0.2) is 29.0 Å². The molecule has 0 aromatic heterocycles. The minimum Gasteiger partial charge on any atom is -0.350 e. The van der Waals surface area contributed by atoms with E-state index in [1.807, 2.05) is 37.8 Å². The van der Waals surface area contributed by atoms with Gasteiger partial charge in [0.1, 0.15) is 0 Å². The summed E-state index contributed by atoms with van der Waals surface area (Å²) in [5.41, 5.74) is 1.17. The van der Waals surface area contributed by atoms with Gasteiger partial charge in [-0.3, -0.25) is 4.79 Å². The lowest BCUT2D eigenvalue weighted by Crippen LogP contribution is -2.44. The molecule has 2 aromatic rings. The molecule has 0 aliphatic carbocycles. The van der Waals surface area contributed by atoms with E-state index >= 15 is 0 Å². The van der Waals surface area contributed by atoms with Crippen LogP contribution in [0.25, 0.3) is 10.8 Å². The molecule has 3 nitrogen and oxygen atoms in total. The highest BCUT2D eigenvalue weighted by Crippen LogP contribution is 2.18. The minimum absolute atomic E-state index is 0.0185. The maximum absolute atomic E-state index is 12.3. The Morgan fingerprint density at radius 1 is 1.13 bits per heavy atom. The van der Waals surface area contributed by atoms with Gasteiger partial charge in [-0.15, -0.1) is 0 Å². The number of thiocarbonyl (C=S) groups is 1. The second-order valence-corrected chi connectivity index (χ2v) is 6.14. The molecule has 1 N–H and O–H groups in total. The lowest BCUT2D eigenvalue weighted by molar-refractivity contribution is -0.123. The fraction of sp³-hybridized carbons (Fsp3) is 0.368. The molecule has 0 spiro atoms. The Labute approximate surface area is 143 Å². The van der Waals surface area contributed by atoms with Crippen molar-refractivity contribution < 1.29 is 4.79 Å². The molecule has 2 aromatic carbocycles. The lowest BCUT2D eigenvalue weighted by atomic mass is 9.98. The third-order valence-corrected chi connectivity index (χ3v) is 4.44. The van der Waals surface area contributed by atoms with Crippen LogP contribution in [0.15, 0.2) is 42.5 Å². The van der Waals surface area contributed by atoms with Gasteiger partial charge in [0.15, 0.2) is 5.11 Å². The lowest BCUT2D eigenvalue weighted by Gasteiger charge is -2.23. The van der Waals surface area contributed by atoms with Crippen molar-refractivity contribution >= 4 is 34.0 Å². The standard InChI is InChI=1S/C19H24N2OS/c1-4-21(5-2)19(23)20-18(22)14(3)12-15-10-11-16-8-6-7-9-17(16)13-15/h6-11,13-14H,4-5,12H2,1-3H3,(H,20,22,23)/t14-/m0/s1. The van der Waals surface area contributed by atoms with Crippen molar-refractivity contribution in [3.63, 3.8) is 0 Å². The van der Waals surface area contributed by atoms with Gasteiger partial charge < -0.3 is 10.2 Å². The van der Waals surface area contributed by atoms with E-state index in [-0.39, 0.29) is 11.8 Å². The van der Waals surface area contributed by atoms with Crippen molar-refractivity contribution in [3.05, 3.63) is 48.0 Å². The summed E-state index contributed by atoms with van der Waals surface area (Å²) in [5, 5.41) is 5.80. The summed E-state index contributed by atoms with van der Waals surface area (Å²) in [7, 11) is 0. The number of carbonyl (C=O) groups excluding carboxylic acids is 1. The van der Waals surface area contributed by atoms with Gasteiger partial charge in [-0.25, -0.2) is 0 Å². The summed E-state index contributed by atoms with van der Waals surface area (Å²) >= 11 is 5.29. The van der Waals surface area contributed by atoms with Crippen LogP contribution in [0.3, 0.4) is 0 Å². The van der Waals surface area contributed by atoms with E-state index in [1.165, 1.54) is 16.3 Å². The van der Waals surface area contributed by atoms with Gasteiger partial charge in [0.25, 0.3) is 0 Å². The monoisotopic (exact) mass is 328 g/mol. The number of rotatable bonds is 5. The van der Waals surface area contributed by atoms with Crippen LogP contribution in [0.4, 0.5) is 0 Å². The summed E-state index contributed by atoms with van der Waals surface area (Å²) in [5.74, 6) is -0.139. The van der Waals surface area contributed by atoms with Crippen molar-refractivity contribution in [2.75, 3.05) is 13.1 Å². The molecule has 0 saturated heterocycles. The van der Waals surface area contributed by atoms with Crippen molar-refractivity contribution in [2.45, 2.75) is 27.2 Å². The molecule has 0 unspecified atom stereocenters. The zero-order valence-electron chi connectivity index (χ0n) is 14.0. The Kier molecular flexibility index (Phi) is 6.11. The number of fused-ring (bicyclic) bond motifs is 1. The molecule has 0 heterocycles. The largest absolute Gasteiger partial charge is 0.350 e. The maximum Gasteiger partial charge on any atom is 0.229 e. The SMILES string of the molecule is CCN(CC)C(=S)NC(=O)[C@@H](C)Cc1ccc2ccccc2c1. The molecule has 1 amide bonds. The van der Waals surface area contributed by atoms with Gasteiger partial charge >= 0.3 is 0 Å². The van der Waals surface area contributed by atoms with E-state index in [0.29, 0.717) is 11.5 Å². The van der Waals surface area contributed by atoms with E-state index in [1.54, 1.807) is 0 Å². The van der Waals surface area contributed by atoms with Crippen LogP contribution in [0.5, 0.6) is 0 Å². The van der Waals surface area contributed by atoms with Crippen LogP contribution in [-0.2, 0) is 11.2 Å². The van der Waals surface area contributed by atoms with Crippen molar-refractivity contribution in [3.8, 4) is 0 Å². The summed E-state index contributed by atoms with van der Waals surface area (Å²) in [6, 6.07) is 14.6. The molecular weight excluding hydrogens is 304 g/mol. The third-order valence-electron chi connectivity index (χ3n) is 4.08. The fourth-order valence-electron chi connectivity index (χ4n) is 2.63. The first-order valence-electron chi connectivity index (χ1n) is 8.12. The van der Waals surface area contributed by atoms with E-state index in [0.717, 1.165) is 13.1 Å². The molecular formula is C19H24N2OS. The summed E-state index contributed by atoms with van der Waals surface area (Å²) in [4.78, 5) is 14.3. The van der Waals surface area contributed by atoms with Crippen molar-refractivity contribution in [1.29, 1.82) is 0 Å². The quantitative estimate of drug-likeness (QED) is 0.848. The zero-order valence-corrected chi connectivity index (χ0v) is 14.8. The first kappa shape index (κ1) is 17.4. The molecule has 0 aliphatic heterocycles. The predicted molar refractivity (Wildman–Crippen MR) is 100 cm³/mol. The van der Waals surface area contributed by atoms with E-state index < -0.39 is 0 Å². The molecule has 0 fully saturated rings. The van der Waals surface area contributed by atoms with E-state index in [2.05, 4.69) is 35.6 Å². The Hall–Kier alpha value is -1.94. The second kappa shape index (κ2) is 8.06. The van der Waals surface area contributed by atoms with Crippen molar-refractivity contribution in [1.82, 2.24) is 10.2 Å². The predicted octanol–water partition coefficient (Wildman–Crippen LogP) is 3.76. The fourth-order valence-corrected chi connectivity index (χ4v) is 2.99. The highest BCUT2D eigenvalue weighted by Gasteiger charge is 2.16. The topological polar surface area (TPSA) is 32.3 Å². The number of benzene rings is 2. The number of hydrogen-bond acceptors (Lipinski definition) is 2. The molecule has 4 heteroatoms. The number of nitrogens with one attached hydrogen (secondary N) is 1. The zero-order chi connectivity index (χ0) is 16.8. The van der Waals surface area contributed by atoms with Crippen molar-refractivity contribution in [2.24, 2.45) is 5.92 Å². The highest BCUT2D eigenvalue weighted by atomic mass is 32.1. The van der Waals surface area contributed by atoms with Crippen LogP contribution in [0.2, 0.25) is 0 Å². The van der Waals surface area contributed by atoms with Crippen LogP contribution >= 0.6 is 12.2 Å². The summed E-state index contributed by atoms with van der Waals surface area (Å²) in [6.07, 6.45) is 0.706. The number of carbonyl (C=O) groups is 1. The Morgan fingerprint density at radius 3 is 2.43 bits per heavy atom. The Morgan fingerprint density at radius 2 is 1.78 bits per heavy atom. The average molecular weight is 328 g/mol. The molecule has 0 bridgehead atoms. The third kappa shape index (κ3) is 4.52. The minimum atomic E-state index is -0.121. The molecule has 0 saturated carbocycles. The van der Waals surface area contributed by atoms with Gasteiger partial charge in [0, 0.05) is 19.0 Å². The van der Waals surface area contributed by atoms with E-state index in [9.17, 15) is 4.79 Å². The second-order valence-electron chi connectivity index (χ2n) is 5.75. The number of hydrogen-bond donors (Lipinski definition) is 1. The Bertz CT molecular complexity index is 695. The average Bonchev–Trinajstić information content (AvgIpc) is 2.55. The van der Waals surface area contributed by atoms with Gasteiger partial charge in [-0.05, 0) is 48.8 Å². The van der Waals surface area contributed by atoms with Crippen LogP contribution < -0.4 is 5.32 Å². The molecule has 2 rings (SSSR count). The number of amides is 1. The van der Waals surface area contributed by atoms with Gasteiger partial charge in [0.2, 0.25) is 5.91 Å². The van der Waals surface area contributed by atoms with Gasteiger partial charge in [0.05, 0.1) is 0 Å². The highest BCUT2D eigenvalue weighted by molar-refractivity contribution is 7.80. The maximum atomic E-state index is 12.3. The van der Waals surface area contributed by atoms with E-state index in [4.69, 9.17) is 12.2 Å². The van der Waals surface area contributed by atoms with Crippen LogP contribution in [0.1, 0.15) is 26.3 Å². The van der Waals surface area contributed by atoms with Crippen LogP contribution in [0, 0.1) is 5.92 Å². The normalized spacial score (nSPS) is 12.0. The molecule has 0 radical (unpaired) electrons.